The van der Waals surface area contributed by atoms with Gasteiger partial charge >= 0.3 is 0 Å². The molecule has 1 aromatic heterocycles. The van der Waals surface area contributed by atoms with Gasteiger partial charge in [-0.25, -0.2) is 0 Å². The molecule has 0 spiro atoms. The molecule has 1 unspecified atom stereocenters. The summed E-state index contributed by atoms with van der Waals surface area (Å²) in [5.74, 6) is 0.556. The van der Waals surface area contributed by atoms with Gasteiger partial charge in [-0.3, -0.25) is 0 Å². The van der Waals surface area contributed by atoms with Crippen LogP contribution < -0.4 is 4.90 Å². The van der Waals surface area contributed by atoms with Crippen molar-refractivity contribution in [1.82, 2.24) is 4.57 Å². The summed E-state index contributed by atoms with van der Waals surface area (Å²) in [6.45, 7) is 8.97. The Balaban J connectivity index is 1.27. The highest BCUT2D eigenvalue weighted by Gasteiger charge is 2.18. The van der Waals surface area contributed by atoms with Crippen LogP contribution in [0.2, 0.25) is 0 Å². The lowest BCUT2D eigenvalue weighted by atomic mass is 9.93. The number of allylic oxidation sites excluding steroid dienone is 8. The predicted molar refractivity (Wildman–Crippen MR) is 198 cm³/mol. The summed E-state index contributed by atoms with van der Waals surface area (Å²) >= 11 is 0. The summed E-state index contributed by atoms with van der Waals surface area (Å²) in [6, 6.07) is 41.8. The van der Waals surface area contributed by atoms with Crippen molar-refractivity contribution in [1.29, 1.82) is 0 Å². The predicted octanol–water partition coefficient (Wildman–Crippen LogP) is 11.8. The monoisotopic (exact) mass is 592 g/mol. The third kappa shape index (κ3) is 4.93. The van der Waals surface area contributed by atoms with Crippen molar-refractivity contribution in [3.05, 3.63) is 181 Å². The number of anilines is 2. The lowest BCUT2D eigenvalue weighted by Gasteiger charge is -2.26. The Labute approximate surface area is 271 Å². The zero-order valence-corrected chi connectivity index (χ0v) is 26.3. The molecule has 2 nitrogen and oxygen atoms in total. The van der Waals surface area contributed by atoms with Crippen molar-refractivity contribution in [3.63, 3.8) is 0 Å². The Morgan fingerprint density at radius 2 is 1.46 bits per heavy atom. The van der Waals surface area contributed by atoms with E-state index in [2.05, 4.69) is 182 Å². The molecule has 8 rings (SSSR count). The molecule has 0 N–H and O–H groups in total. The van der Waals surface area contributed by atoms with Crippen LogP contribution >= 0.6 is 0 Å². The van der Waals surface area contributed by atoms with E-state index in [1.807, 2.05) is 0 Å². The van der Waals surface area contributed by atoms with Gasteiger partial charge in [0.15, 0.2) is 0 Å². The van der Waals surface area contributed by atoms with Crippen molar-refractivity contribution in [3.8, 4) is 5.69 Å². The van der Waals surface area contributed by atoms with Gasteiger partial charge in [-0.05, 0) is 113 Å². The van der Waals surface area contributed by atoms with Crippen LogP contribution in [-0.4, -0.2) is 4.57 Å². The van der Waals surface area contributed by atoms with E-state index in [-0.39, 0.29) is 0 Å². The first-order valence-corrected chi connectivity index (χ1v) is 16.1. The van der Waals surface area contributed by atoms with Crippen LogP contribution in [0.4, 0.5) is 11.4 Å². The highest BCUT2D eigenvalue weighted by Crippen LogP contribution is 2.39. The number of hydrogen-bond acceptors (Lipinski definition) is 1. The summed E-state index contributed by atoms with van der Waals surface area (Å²) in [4.78, 5) is 2.27. The molecule has 2 aliphatic rings. The van der Waals surface area contributed by atoms with Crippen LogP contribution in [0.3, 0.4) is 0 Å². The molecule has 6 aromatic rings. The van der Waals surface area contributed by atoms with Gasteiger partial charge in [-0.2, -0.15) is 0 Å². The van der Waals surface area contributed by atoms with Gasteiger partial charge in [0.1, 0.15) is 0 Å². The zero-order chi connectivity index (χ0) is 31.2. The number of rotatable bonds is 4. The van der Waals surface area contributed by atoms with Crippen LogP contribution in [-0.2, 0) is 0 Å². The molecule has 1 atom stereocenters. The Hall–Kier alpha value is -5.60. The SMILES string of the molecule is C=C1/C=C(c2ccc3c(c2)c2ccccc2n3-c2cccc(C3=CC(C)CC=C3)c2)\C=C/N(c2ccccc2)c2cc(C)ccc21. The van der Waals surface area contributed by atoms with Gasteiger partial charge in [0.2, 0.25) is 0 Å². The van der Waals surface area contributed by atoms with E-state index in [0.717, 1.165) is 40.1 Å². The highest BCUT2D eigenvalue weighted by molar-refractivity contribution is 6.10. The van der Waals surface area contributed by atoms with E-state index in [4.69, 9.17) is 0 Å². The third-order valence-corrected chi connectivity index (χ3v) is 9.24. The molecule has 1 aliphatic carbocycles. The van der Waals surface area contributed by atoms with E-state index >= 15 is 0 Å². The molecule has 0 bridgehead atoms. The van der Waals surface area contributed by atoms with Crippen molar-refractivity contribution < 1.29 is 0 Å². The molecule has 46 heavy (non-hydrogen) atoms. The molecule has 0 radical (unpaired) electrons. The quantitative estimate of drug-likeness (QED) is 0.198. The lowest BCUT2D eigenvalue weighted by molar-refractivity contribution is 0.740. The molecule has 222 valence electrons. The molecule has 0 amide bonds. The van der Waals surface area contributed by atoms with Gasteiger partial charge in [-0.15, -0.1) is 0 Å². The first-order valence-electron chi connectivity index (χ1n) is 16.1. The maximum Gasteiger partial charge on any atom is 0.0541 e. The highest BCUT2D eigenvalue weighted by atomic mass is 15.1. The second-order valence-corrected chi connectivity index (χ2v) is 12.5. The topological polar surface area (TPSA) is 8.17 Å². The van der Waals surface area contributed by atoms with E-state index in [1.54, 1.807) is 0 Å². The first kappa shape index (κ1) is 27.9. The molecular weight excluding hydrogens is 556 g/mol. The Morgan fingerprint density at radius 3 is 2.33 bits per heavy atom. The number of aryl methyl sites for hydroxylation is 1. The number of fused-ring (bicyclic) bond motifs is 4. The third-order valence-electron chi connectivity index (χ3n) is 9.24. The number of hydrogen-bond donors (Lipinski definition) is 0. The molecule has 0 fully saturated rings. The van der Waals surface area contributed by atoms with Crippen LogP contribution in [0.5, 0.6) is 0 Å². The summed E-state index contributed by atoms with van der Waals surface area (Å²) in [6.07, 6.45) is 14.7. The van der Waals surface area contributed by atoms with Crippen molar-refractivity contribution >= 4 is 49.9 Å². The number of para-hydroxylation sites is 2. The molecule has 0 saturated heterocycles. The largest absolute Gasteiger partial charge is 0.317 e. The van der Waals surface area contributed by atoms with Gasteiger partial charge in [0, 0.05) is 33.9 Å². The fourth-order valence-electron chi connectivity index (χ4n) is 6.94. The molecule has 2 heteroatoms. The standard InChI is InChI=1S/C44H36N2/c1-30-11-9-12-33(25-30)34-13-10-16-38(28-34)46-42-18-8-7-17-40(42)41-29-35(20-22-43(41)46)36-23-24-45(37-14-5-4-6-15-37)44-26-31(2)19-21-39(44)32(3)27-36/h4-10,12-30H,3,11H2,1-2H3/b24-23-,36-27+. The molecular formula is C44H36N2. The minimum absolute atomic E-state index is 0.556. The number of aromatic nitrogens is 1. The number of nitrogens with zero attached hydrogens (tertiary/aromatic N) is 2. The smallest absolute Gasteiger partial charge is 0.0541 e. The molecule has 5 aromatic carbocycles. The summed E-state index contributed by atoms with van der Waals surface area (Å²) in [5.41, 5.74) is 14.0. The average Bonchev–Trinajstić information content (AvgIpc) is 3.41. The second kappa shape index (κ2) is 11.4. The van der Waals surface area contributed by atoms with Gasteiger partial charge in [0.05, 0.1) is 16.7 Å². The van der Waals surface area contributed by atoms with Crippen molar-refractivity contribution in [2.24, 2.45) is 5.92 Å². The lowest BCUT2D eigenvalue weighted by Crippen LogP contribution is -2.12. The first-order chi connectivity index (χ1) is 22.5. The van der Waals surface area contributed by atoms with E-state index in [1.165, 1.54) is 44.2 Å². The Morgan fingerprint density at radius 1 is 0.674 bits per heavy atom. The zero-order valence-electron chi connectivity index (χ0n) is 26.3. The second-order valence-electron chi connectivity index (χ2n) is 12.5. The normalized spacial score (nSPS) is 18.1. The Kier molecular flexibility index (Phi) is 6.92. The van der Waals surface area contributed by atoms with Gasteiger partial charge in [-0.1, -0.05) is 98.5 Å². The minimum atomic E-state index is 0.556. The van der Waals surface area contributed by atoms with E-state index < -0.39 is 0 Å². The number of benzene rings is 5. The van der Waals surface area contributed by atoms with Crippen molar-refractivity contribution in [2.75, 3.05) is 4.90 Å². The fourth-order valence-corrected chi connectivity index (χ4v) is 6.94. The van der Waals surface area contributed by atoms with Gasteiger partial charge in [0.25, 0.3) is 0 Å². The summed E-state index contributed by atoms with van der Waals surface area (Å²) < 4.78 is 2.41. The maximum absolute atomic E-state index is 4.55. The van der Waals surface area contributed by atoms with Crippen LogP contribution in [0, 0.1) is 12.8 Å². The molecule has 0 saturated carbocycles. The van der Waals surface area contributed by atoms with Gasteiger partial charge < -0.3 is 9.47 Å². The minimum Gasteiger partial charge on any atom is -0.317 e. The maximum atomic E-state index is 4.55. The van der Waals surface area contributed by atoms with Crippen LogP contribution in [0.15, 0.2) is 158 Å². The molecule has 1 aliphatic heterocycles. The van der Waals surface area contributed by atoms with E-state index in [9.17, 15) is 0 Å². The fraction of sp³-hybridized carbons (Fsp3) is 0.0909. The van der Waals surface area contributed by atoms with Crippen molar-refractivity contribution in [2.45, 2.75) is 20.3 Å². The Bertz CT molecular complexity index is 2270. The van der Waals surface area contributed by atoms with Crippen LogP contribution in [0.25, 0.3) is 44.2 Å². The van der Waals surface area contributed by atoms with E-state index in [0.29, 0.717) is 5.92 Å². The molecule has 2 heterocycles. The average molecular weight is 593 g/mol. The summed E-state index contributed by atoms with van der Waals surface area (Å²) in [5, 5.41) is 2.48. The summed E-state index contributed by atoms with van der Waals surface area (Å²) in [7, 11) is 0. The van der Waals surface area contributed by atoms with Crippen LogP contribution in [0.1, 0.15) is 35.6 Å².